The third-order valence-electron chi connectivity index (χ3n) is 3.02. The van der Waals surface area contributed by atoms with Crippen molar-refractivity contribution in [3.05, 3.63) is 0 Å². The zero-order valence-electron chi connectivity index (χ0n) is 10.0. The van der Waals surface area contributed by atoms with Crippen LogP contribution in [0.25, 0.3) is 0 Å². The second-order valence-corrected chi connectivity index (χ2v) is 4.13. The Bertz CT molecular complexity index is 328. The quantitative estimate of drug-likeness (QED) is 0.700. The molecule has 96 valence electrons. The molecule has 1 heterocycles. The number of methoxy groups -OCH3 is 1. The summed E-state index contributed by atoms with van der Waals surface area (Å²) in [7, 11) is 1.28. The number of carboxylic acid groups (broad SMARTS) is 1. The minimum atomic E-state index is -0.939. The highest BCUT2D eigenvalue weighted by Crippen LogP contribution is 2.23. The number of hydrogen-bond donors (Lipinski definition) is 1. The first-order valence-electron chi connectivity index (χ1n) is 5.58. The molecule has 1 saturated heterocycles. The van der Waals surface area contributed by atoms with E-state index in [-0.39, 0.29) is 31.3 Å². The Balaban J connectivity index is 2.68. The molecule has 2 unspecified atom stereocenters. The van der Waals surface area contributed by atoms with Gasteiger partial charge in [-0.15, -0.1) is 0 Å². The van der Waals surface area contributed by atoms with Crippen molar-refractivity contribution in [1.82, 2.24) is 4.90 Å². The van der Waals surface area contributed by atoms with Crippen LogP contribution in [0, 0.1) is 5.92 Å². The molecule has 6 nitrogen and oxygen atoms in total. The van der Waals surface area contributed by atoms with Gasteiger partial charge in [0.25, 0.3) is 0 Å². The Morgan fingerprint density at radius 2 is 2.24 bits per heavy atom. The van der Waals surface area contributed by atoms with Crippen LogP contribution >= 0.6 is 0 Å². The molecule has 6 heteroatoms. The molecule has 0 aromatic rings. The fraction of sp³-hybridized carbons (Fsp3) is 0.727. The van der Waals surface area contributed by atoms with Crippen LogP contribution in [0.15, 0.2) is 0 Å². The van der Waals surface area contributed by atoms with Gasteiger partial charge in [-0.05, 0) is 6.42 Å². The first kappa shape index (κ1) is 13.5. The van der Waals surface area contributed by atoms with Gasteiger partial charge in [-0.1, -0.05) is 6.92 Å². The summed E-state index contributed by atoms with van der Waals surface area (Å²) in [5.74, 6) is -1.99. The Morgan fingerprint density at radius 3 is 2.71 bits per heavy atom. The summed E-state index contributed by atoms with van der Waals surface area (Å²) in [5.41, 5.74) is 0. The van der Waals surface area contributed by atoms with Gasteiger partial charge < -0.3 is 14.7 Å². The Kier molecular flexibility index (Phi) is 4.48. The molecular weight excluding hydrogens is 226 g/mol. The topological polar surface area (TPSA) is 83.9 Å². The molecule has 17 heavy (non-hydrogen) atoms. The summed E-state index contributed by atoms with van der Waals surface area (Å²) < 4.78 is 4.59. The molecule has 0 radical (unpaired) electrons. The van der Waals surface area contributed by atoms with Crippen molar-refractivity contribution in [3.8, 4) is 0 Å². The highest BCUT2D eigenvalue weighted by molar-refractivity contribution is 5.87. The van der Waals surface area contributed by atoms with Crippen molar-refractivity contribution < 1.29 is 24.2 Å². The first-order valence-corrected chi connectivity index (χ1v) is 5.58. The molecule has 0 saturated carbocycles. The Labute approximate surface area is 99.5 Å². The fourth-order valence-corrected chi connectivity index (χ4v) is 2.09. The van der Waals surface area contributed by atoms with Crippen LogP contribution in [0.3, 0.4) is 0 Å². The molecule has 0 bridgehead atoms. The number of likely N-dealkylation sites (tertiary alicyclic amines) is 1. The summed E-state index contributed by atoms with van der Waals surface area (Å²) in [6, 6.07) is -0.338. The lowest BCUT2D eigenvalue weighted by Gasteiger charge is -2.25. The highest BCUT2D eigenvalue weighted by Gasteiger charge is 2.38. The SMILES string of the molecule is CCC(CC(=O)O)N1CC(C(=O)OC)CC1=O. The minimum Gasteiger partial charge on any atom is -0.481 e. The lowest BCUT2D eigenvalue weighted by Crippen LogP contribution is -2.38. The van der Waals surface area contributed by atoms with E-state index in [0.29, 0.717) is 6.42 Å². The van der Waals surface area contributed by atoms with Gasteiger partial charge in [0.15, 0.2) is 0 Å². The van der Waals surface area contributed by atoms with Gasteiger partial charge >= 0.3 is 11.9 Å². The molecule has 0 aromatic heterocycles. The Hall–Kier alpha value is -1.59. The van der Waals surface area contributed by atoms with Gasteiger partial charge in [0.2, 0.25) is 5.91 Å². The van der Waals surface area contributed by atoms with Crippen molar-refractivity contribution in [1.29, 1.82) is 0 Å². The molecule has 1 aliphatic rings. The predicted molar refractivity (Wildman–Crippen MR) is 58.2 cm³/mol. The van der Waals surface area contributed by atoms with E-state index in [1.165, 1.54) is 12.0 Å². The van der Waals surface area contributed by atoms with E-state index in [0.717, 1.165) is 0 Å². The molecule has 0 aliphatic carbocycles. The molecule has 1 fully saturated rings. The third-order valence-corrected chi connectivity index (χ3v) is 3.02. The molecule has 1 N–H and O–H groups in total. The molecule has 0 aromatic carbocycles. The van der Waals surface area contributed by atoms with Crippen molar-refractivity contribution in [2.45, 2.75) is 32.2 Å². The smallest absolute Gasteiger partial charge is 0.310 e. The second-order valence-electron chi connectivity index (χ2n) is 4.13. The number of carboxylic acids is 1. The van der Waals surface area contributed by atoms with E-state index in [1.807, 2.05) is 6.92 Å². The van der Waals surface area contributed by atoms with Crippen LogP contribution in [-0.4, -0.2) is 47.5 Å². The summed E-state index contributed by atoms with van der Waals surface area (Å²) in [6.45, 7) is 2.09. The summed E-state index contributed by atoms with van der Waals surface area (Å²) in [4.78, 5) is 35.2. The van der Waals surface area contributed by atoms with Gasteiger partial charge in [-0.3, -0.25) is 14.4 Å². The van der Waals surface area contributed by atoms with Crippen LogP contribution in [0.1, 0.15) is 26.2 Å². The number of nitrogens with zero attached hydrogens (tertiary/aromatic N) is 1. The van der Waals surface area contributed by atoms with E-state index in [4.69, 9.17) is 5.11 Å². The zero-order valence-corrected chi connectivity index (χ0v) is 10.0. The minimum absolute atomic E-state index is 0.0872. The number of carbonyl (C=O) groups excluding carboxylic acids is 2. The lowest BCUT2D eigenvalue weighted by atomic mass is 10.1. The first-order chi connectivity index (χ1) is 7.99. The molecule has 0 spiro atoms. The number of carbonyl (C=O) groups is 3. The number of esters is 1. The zero-order chi connectivity index (χ0) is 13.0. The van der Waals surface area contributed by atoms with Crippen molar-refractivity contribution in [2.24, 2.45) is 5.92 Å². The average Bonchev–Trinajstić information content (AvgIpc) is 2.67. The molecule has 1 rings (SSSR count). The van der Waals surface area contributed by atoms with E-state index >= 15 is 0 Å². The van der Waals surface area contributed by atoms with E-state index < -0.39 is 17.9 Å². The van der Waals surface area contributed by atoms with Gasteiger partial charge in [0.1, 0.15) is 0 Å². The number of rotatable bonds is 5. The number of hydrogen-bond acceptors (Lipinski definition) is 4. The Morgan fingerprint density at radius 1 is 1.59 bits per heavy atom. The second kappa shape index (κ2) is 5.65. The average molecular weight is 243 g/mol. The summed E-state index contributed by atoms with van der Waals surface area (Å²) in [5, 5.41) is 8.75. The third kappa shape index (κ3) is 3.18. The van der Waals surface area contributed by atoms with Crippen molar-refractivity contribution in [2.75, 3.05) is 13.7 Å². The van der Waals surface area contributed by atoms with Crippen LogP contribution in [0.4, 0.5) is 0 Å². The molecule has 1 amide bonds. The monoisotopic (exact) mass is 243 g/mol. The standard InChI is InChI=1S/C11H17NO5/c1-3-8(5-10(14)15)12-6-7(4-9(12)13)11(16)17-2/h7-8H,3-6H2,1-2H3,(H,14,15). The highest BCUT2D eigenvalue weighted by atomic mass is 16.5. The van der Waals surface area contributed by atoms with Gasteiger partial charge in [-0.25, -0.2) is 0 Å². The maximum absolute atomic E-state index is 11.7. The number of aliphatic carboxylic acids is 1. The van der Waals surface area contributed by atoms with Crippen LogP contribution in [0.5, 0.6) is 0 Å². The maximum atomic E-state index is 11.7. The summed E-state index contributed by atoms with van der Waals surface area (Å²) >= 11 is 0. The normalized spacial score (nSPS) is 21.4. The van der Waals surface area contributed by atoms with E-state index in [1.54, 1.807) is 0 Å². The number of ether oxygens (including phenoxy) is 1. The fourth-order valence-electron chi connectivity index (χ4n) is 2.09. The van der Waals surface area contributed by atoms with E-state index in [9.17, 15) is 14.4 Å². The number of amides is 1. The van der Waals surface area contributed by atoms with Gasteiger partial charge in [0.05, 0.1) is 19.4 Å². The van der Waals surface area contributed by atoms with E-state index in [2.05, 4.69) is 4.74 Å². The summed E-state index contributed by atoms with van der Waals surface area (Å²) in [6.07, 6.45) is 0.588. The molecule has 1 aliphatic heterocycles. The van der Waals surface area contributed by atoms with Crippen molar-refractivity contribution >= 4 is 17.8 Å². The molecular formula is C11H17NO5. The lowest BCUT2D eigenvalue weighted by molar-refractivity contribution is -0.145. The largest absolute Gasteiger partial charge is 0.481 e. The van der Waals surface area contributed by atoms with Gasteiger partial charge in [-0.2, -0.15) is 0 Å². The van der Waals surface area contributed by atoms with Crippen LogP contribution in [-0.2, 0) is 19.1 Å². The van der Waals surface area contributed by atoms with Crippen molar-refractivity contribution in [3.63, 3.8) is 0 Å². The molecule has 2 atom stereocenters. The predicted octanol–water partition coefficient (Wildman–Crippen LogP) is 0.261. The van der Waals surface area contributed by atoms with Gasteiger partial charge in [0, 0.05) is 19.0 Å². The van der Waals surface area contributed by atoms with Crippen LogP contribution < -0.4 is 0 Å². The van der Waals surface area contributed by atoms with Crippen LogP contribution in [0.2, 0.25) is 0 Å². The maximum Gasteiger partial charge on any atom is 0.310 e.